The van der Waals surface area contributed by atoms with Gasteiger partial charge in [-0.1, -0.05) is 34.9 Å². The van der Waals surface area contributed by atoms with Gasteiger partial charge in [0.05, 0.1) is 6.42 Å². The van der Waals surface area contributed by atoms with Crippen molar-refractivity contribution in [2.45, 2.75) is 51.5 Å². The van der Waals surface area contributed by atoms with Gasteiger partial charge in [-0.2, -0.15) is 0 Å². The summed E-state index contributed by atoms with van der Waals surface area (Å²) in [5.41, 5.74) is 0. The van der Waals surface area contributed by atoms with E-state index in [0.717, 1.165) is 30.8 Å². The van der Waals surface area contributed by atoms with Crippen molar-refractivity contribution in [3.8, 4) is 0 Å². The number of carboxylic acid groups (broad SMARTS) is 2. The maximum absolute atomic E-state index is 11.8. The van der Waals surface area contributed by atoms with Crippen molar-refractivity contribution >= 4 is 45.3 Å². The van der Waals surface area contributed by atoms with E-state index < -0.39 is 42.8 Å². The summed E-state index contributed by atoms with van der Waals surface area (Å²) in [7, 11) is 3.65. The lowest BCUT2D eigenvalue weighted by Crippen LogP contribution is -2.48. The van der Waals surface area contributed by atoms with Gasteiger partial charge < -0.3 is 20.8 Å². The Morgan fingerprint density at radius 2 is 1.64 bits per heavy atom. The number of amides is 2. The van der Waals surface area contributed by atoms with E-state index in [0.29, 0.717) is 6.42 Å². The van der Waals surface area contributed by atoms with Crippen LogP contribution in [0.2, 0.25) is 0 Å². The topological polar surface area (TPSA) is 133 Å². The highest BCUT2D eigenvalue weighted by atomic mass is 33.1. The fraction of sp³-hybridized carbons (Fsp3) is 0.733. The van der Waals surface area contributed by atoms with Gasteiger partial charge in [-0.3, -0.25) is 19.2 Å². The number of hydrogen-bond acceptors (Lipinski definition) is 6. The quantitative estimate of drug-likeness (QED) is 0.243. The molecule has 144 valence electrons. The van der Waals surface area contributed by atoms with Crippen LogP contribution >= 0.6 is 21.6 Å². The zero-order valence-electron chi connectivity index (χ0n) is 14.3. The smallest absolute Gasteiger partial charge is 0.322 e. The molecule has 0 radical (unpaired) electrons. The van der Waals surface area contributed by atoms with Crippen LogP contribution in [-0.2, 0) is 19.2 Å². The molecule has 8 nitrogen and oxygen atoms in total. The van der Waals surface area contributed by atoms with Crippen LogP contribution in [0.5, 0.6) is 0 Å². The van der Waals surface area contributed by atoms with Crippen LogP contribution in [0.25, 0.3) is 0 Å². The Hall–Kier alpha value is -1.42. The van der Waals surface area contributed by atoms with Gasteiger partial charge in [0.2, 0.25) is 11.8 Å². The van der Waals surface area contributed by atoms with E-state index in [2.05, 4.69) is 17.6 Å². The molecule has 1 unspecified atom stereocenters. The molecule has 0 spiro atoms. The third-order valence-electron chi connectivity index (χ3n) is 2.95. The van der Waals surface area contributed by atoms with E-state index >= 15 is 0 Å². The van der Waals surface area contributed by atoms with E-state index in [1.165, 1.54) is 0 Å². The second-order valence-electron chi connectivity index (χ2n) is 5.28. The van der Waals surface area contributed by atoms with Crippen LogP contribution in [0.3, 0.4) is 0 Å². The average Bonchev–Trinajstić information content (AvgIpc) is 2.54. The van der Waals surface area contributed by atoms with Gasteiger partial charge in [0.1, 0.15) is 12.6 Å². The molecule has 0 aromatic carbocycles. The summed E-state index contributed by atoms with van der Waals surface area (Å²) in [4.78, 5) is 44.8. The molecule has 0 heterocycles. The van der Waals surface area contributed by atoms with Gasteiger partial charge in [-0.05, 0) is 19.3 Å². The van der Waals surface area contributed by atoms with Crippen molar-refractivity contribution in [3.05, 3.63) is 0 Å². The summed E-state index contributed by atoms with van der Waals surface area (Å²) in [5, 5.41) is 21.8. The molecule has 0 bridgehead atoms. The highest BCUT2D eigenvalue weighted by Gasteiger charge is 2.23. The van der Waals surface area contributed by atoms with Crippen molar-refractivity contribution in [2.24, 2.45) is 0 Å². The molecule has 0 aliphatic carbocycles. The molecule has 2 amide bonds. The van der Waals surface area contributed by atoms with E-state index in [4.69, 9.17) is 10.2 Å². The minimum atomic E-state index is -1.27. The second-order valence-corrected chi connectivity index (χ2v) is 7.99. The Labute approximate surface area is 155 Å². The van der Waals surface area contributed by atoms with Crippen LogP contribution in [0.4, 0.5) is 0 Å². The lowest BCUT2D eigenvalue weighted by molar-refractivity contribution is -0.141. The summed E-state index contributed by atoms with van der Waals surface area (Å²) in [5.74, 6) is -1.58. The number of aliphatic carboxylic acids is 2. The van der Waals surface area contributed by atoms with Gasteiger partial charge in [-0.15, -0.1) is 0 Å². The number of rotatable bonds is 15. The van der Waals surface area contributed by atoms with Crippen LogP contribution in [0, 0.1) is 0 Å². The molecule has 0 rings (SSSR count). The van der Waals surface area contributed by atoms with Crippen LogP contribution in [0.15, 0.2) is 0 Å². The number of unbranched alkanes of at least 4 members (excludes halogenated alkanes) is 2. The fourth-order valence-corrected chi connectivity index (χ4v) is 4.05. The second kappa shape index (κ2) is 14.9. The number of hydrogen-bond donors (Lipinski definition) is 4. The minimum absolute atomic E-state index is 0.203. The summed E-state index contributed by atoms with van der Waals surface area (Å²) in [6.45, 7) is 1.50. The van der Waals surface area contributed by atoms with E-state index in [9.17, 15) is 19.2 Å². The third kappa shape index (κ3) is 14.6. The zero-order valence-corrected chi connectivity index (χ0v) is 15.9. The first-order chi connectivity index (χ1) is 11.9. The van der Waals surface area contributed by atoms with E-state index in [1.807, 2.05) is 21.6 Å². The normalized spacial score (nSPS) is 11.6. The Bertz CT molecular complexity index is 448. The minimum Gasteiger partial charge on any atom is -0.481 e. The van der Waals surface area contributed by atoms with Crippen molar-refractivity contribution in [1.29, 1.82) is 0 Å². The highest BCUT2D eigenvalue weighted by molar-refractivity contribution is 8.76. The van der Waals surface area contributed by atoms with Gasteiger partial charge in [0.25, 0.3) is 0 Å². The first-order valence-corrected chi connectivity index (χ1v) is 10.6. The molecule has 0 aromatic rings. The fourth-order valence-electron chi connectivity index (χ4n) is 1.76. The summed E-state index contributed by atoms with van der Waals surface area (Å²) >= 11 is 0. The van der Waals surface area contributed by atoms with Crippen LogP contribution < -0.4 is 10.6 Å². The Kier molecular flexibility index (Phi) is 14.0. The van der Waals surface area contributed by atoms with Gasteiger partial charge in [0, 0.05) is 17.9 Å². The number of carbonyl (C=O) groups is 4. The average molecular weight is 395 g/mol. The molecule has 0 aliphatic heterocycles. The SMILES string of the molecule is CCCSSCCCCCC(=O)NC(CC(=O)O)C(=O)NCC(=O)O. The maximum atomic E-state index is 11.8. The number of carboxylic acids is 2. The first-order valence-electron chi connectivity index (χ1n) is 8.11. The van der Waals surface area contributed by atoms with Crippen molar-refractivity contribution < 1.29 is 29.4 Å². The number of nitrogens with one attached hydrogen (secondary N) is 2. The third-order valence-corrected chi connectivity index (χ3v) is 5.64. The number of carbonyl (C=O) groups excluding carboxylic acids is 2. The highest BCUT2D eigenvalue weighted by Crippen LogP contribution is 2.23. The summed E-state index contributed by atoms with van der Waals surface area (Å²) < 4.78 is 0. The Balaban J connectivity index is 4.06. The summed E-state index contributed by atoms with van der Waals surface area (Å²) in [6.07, 6.45) is 3.28. The van der Waals surface area contributed by atoms with E-state index in [1.54, 1.807) is 0 Å². The lowest BCUT2D eigenvalue weighted by atomic mass is 10.1. The Morgan fingerprint density at radius 1 is 0.960 bits per heavy atom. The van der Waals surface area contributed by atoms with Gasteiger partial charge in [-0.25, -0.2) is 0 Å². The molecular weight excluding hydrogens is 368 g/mol. The molecule has 1 atom stereocenters. The molecule has 10 heteroatoms. The molecule has 0 saturated carbocycles. The molecule has 4 N–H and O–H groups in total. The van der Waals surface area contributed by atoms with Crippen LogP contribution in [0.1, 0.15) is 45.4 Å². The molecule has 0 saturated heterocycles. The van der Waals surface area contributed by atoms with Crippen molar-refractivity contribution in [3.63, 3.8) is 0 Å². The molecule has 25 heavy (non-hydrogen) atoms. The van der Waals surface area contributed by atoms with E-state index in [-0.39, 0.29) is 6.42 Å². The molecule has 0 fully saturated rings. The predicted molar refractivity (Wildman–Crippen MR) is 98.5 cm³/mol. The maximum Gasteiger partial charge on any atom is 0.322 e. The Morgan fingerprint density at radius 3 is 2.24 bits per heavy atom. The predicted octanol–water partition coefficient (Wildman–Crippen LogP) is 1.50. The molecule has 0 aromatic heterocycles. The van der Waals surface area contributed by atoms with Gasteiger partial charge >= 0.3 is 11.9 Å². The lowest BCUT2D eigenvalue weighted by Gasteiger charge is -2.16. The van der Waals surface area contributed by atoms with Crippen molar-refractivity contribution in [1.82, 2.24) is 10.6 Å². The molecule has 0 aliphatic rings. The van der Waals surface area contributed by atoms with Crippen molar-refractivity contribution in [2.75, 3.05) is 18.1 Å². The largest absolute Gasteiger partial charge is 0.481 e. The molecular formula is C15H26N2O6S2. The zero-order chi connectivity index (χ0) is 19.1. The first kappa shape index (κ1) is 23.6. The van der Waals surface area contributed by atoms with Crippen LogP contribution in [-0.4, -0.2) is 58.1 Å². The standard InChI is InChI=1S/C15H26N2O6S2/c1-2-7-24-25-8-5-3-4-6-12(18)17-11(9-13(19)20)15(23)16-10-14(21)22/h11H,2-10H2,1H3,(H,16,23)(H,17,18)(H,19,20)(H,21,22). The van der Waals surface area contributed by atoms with Gasteiger partial charge in [0.15, 0.2) is 0 Å². The monoisotopic (exact) mass is 394 g/mol. The summed E-state index contributed by atoms with van der Waals surface area (Å²) in [6, 6.07) is -1.27.